The van der Waals surface area contributed by atoms with Crippen molar-refractivity contribution in [1.82, 2.24) is 4.90 Å². The van der Waals surface area contributed by atoms with Crippen molar-refractivity contribution in [2.75, 3.05) is 13.1 Å². The van der Waals surface area contributed by atoms with Crippen molar-refractivity contribution >= 4 is 27.3 Å². The molecule has 1 fully saturated rings. The number of hydrogen-bond donors (Lipinski definition) is 0. The molecule has 0 saturated heterocycles. The number of rotatable bonds is 6. The van der Waals surface area contributed by atoms with Crippen molar-refractivity contribution in [3.05, 3.63) is 29.3 Å². The molecule has 6 heteroatoms. The fraction of sp³-hybridized carbons (Fsp3) is 0.611. The van der Waals surface area contributed by atoms with E-state index >= 15 is 0 Å². The molecule has 1 aliphatic carbocycles. The molecule has 0 radical (unpaired) electrons. The Labute approximate surface area is 150 Å². The largest absolute Gasteiger partial charge is 0.341 e. The molecule has 1 aromatic rings. The first-order valence-corrected chi connectivity index (χ1v) is 10.4. The number of carbonyl (C=O) groups is 1. The number of nitrogens with zero attached hydrogens (tertiary/aromatic N) is 1. The van der Waals surface area contributed by atoms with E-state index in [9.17, 15) is 13.2 Å². The zero-order valence-electron chi connectivity index (χ0n) is 14.6. The Hall–Kier alpha value is -1.07. The van der Waals surface area contributed by atoms with Gasteiger partial charge in [-0.1, -0.05) is 38.3 Å². The lowest BCUT2D eigenvalue weighted by atomic mass is 10.0. The van der Waals surface area contributed by atoms with E-state index < -0.39 is 14.6 Å². The molecule has 1 amide bonds. The second-order valence-corrected chi connectivity index (χ2v) is 9.59. The Kier molecular flexibility index (Phi) is 5.97. The predicted octanol–water partition coefficient (Wildman–Crippen LogP) is 3.93. The Morgan fingerprint density at radius 3 is 2.21 bits per heavy atom. The number of sulfone groups is 1. The molecule has 134 valence electrons. The van der Waals surface area contributed by atoms with Crippen LogP contribution >= 0.6 is 11.6 Å². The van der Waals surface area contributed by atoms with Gasteiger partial charge in [-0.05, 0) is 49.9 Å². The third-order valence-electron chi connectivity index (χ3n) is 4.69. The Morgan fingerprint density at radius 2 is 1.75 bits per heavy atom. The molecule has 0 unspecified atom stereocenters. The molecular weight excluding hydrogens is 346 g/mol. The summed E-state index contributed by atoms with van der Waals surface area (Å²) in [5, 5.41) is 0.482. The summed E-state index contributed by atoms with van der Waals surface area (Å²) in [7, 11) is -3.76. The minimum absolute atomic E-state index is 0.183. The molecule has 1 aromatic carbocycles. The third kappa shape index (κ3) is 3.47. The van der Waals surface area contributed by atoms with Crippen LogP contribution in [0.5, 0.6) is 0 Å². The summed E-state index contributed by atoms with van der Waals surface area (Å²) in [5.41, 5.74) is 0. The zero-order valence-corrected chi connectivity index (χ0v) is 16.2. The molecule has 24 heavy (non-hydrogen) atoms. The second kappa shape index (κ2) is 7.44. The highest BCUT2D eigenvalue weighted by Crippen LogP contribution is 2.42. The van der Waals surface area contributed by atoms with Crippen LogP contribution in [0.25, 0.3) is 0 Å². The van der Waals surface area contributed by atoms with Crippen molar-refractivity contribution < 1.29 is 13.2 Å². The molecule has 0 aromatic heterocycles. The lowest BCUT2D eigenvalue weighted by Gasteiger charge is -2.34. The average Bonchev–Trinajstić information content (AvgIpc) is 3.03. The molecule has 1 aliphatic rings. The van der Waals surface area contributed by atoms with Crippen molar-refractivity contribution in [3.63, 3.8) is 0 Å². The molecule has 0 heterocycles. The SMILES string of the molecule is CCN(CC(C)C)C(=O)C1(S(=O)(=O)c2ccc(Cl)cc2)CCCC1. The number of carbonyl (C=O) groups excluding carboxylic acids is 1. The van der Waals surface area contributed by atoms with Gasteiger partial charge in [0.2, 0.25) is 5.91 Å². The summed E-state index contributed by atoms with van der Waals surface area (Å²) in [6.07, 6.45) is 2.31. The van der Waals surface area contributed by atoms with Crippen LogP contribution in [0.1, 0.15) is 46.5 Å². The van der Waals surface area contributed by atoms with Crippen molar-refractivity contribution in [1.29, 1.82) is 0 Å². The molecule has 4 nitrogen and oxygen atoms in total. The van der Waals surface area contributed by atoms with Crippen molar-refractivity contribution in [2.24, 2.45) is 5.92 Å². The van der Waals surface area contributed by atoms with Gasteiger partial charge in [-0.15, -0.1) is 0 Å². The number of hydrogen-bond acceptors (Lipinski definition) is 3. The monoisotopic (exact) mass is 371 g/mol. The van der Waals surface area contributed by atoms with Gasteiger partial charge in [0.25, 0.3) is 0 Å². The van der Waals surface area contributed by atoms with Crippen LogP contribution in [0, 0.1) is 5.92 Å². The maximum atomic E-state index is 13.3. The van der Waals surface area contributed by atoms with E-state index in [1.165, 1.54) is 12.1 Å². The highest BCUT2D eigenvalue weighted by molar-refractivity contribution is 7.93. The Morgan fingerprint density at radius 1 is 1.21 bits per heavy atom. The molecule has 0 N–H and O–H groups in total. The van der Waals surface area contributed by atoms with Crippen LogP contribution in [0.15, 0.2) is 29.2 Å². The standard InChI is InChI=1S/C18H26ClNO3S/c1-4-20(13-14(2)3)17(21)18(11-5-6-12-18)24(22,23)16-9-7-15(19)8-10-16/h7-10,14H,4-6,11-13H2,1-3H3. The molecule has 0 spiro atoms. The average molecular weight is 372 g/mol. The fourth-order valence-electron chi connectivity index (χ4n) is 3.47. The van der Waals surface area contributed by atoms with Gasteiger partial charge in [-0.2, -0.15) is 0 Å². The molecular formula is C18H26ClNO3S. The van der Waals surface area contributed by atoms with Crippen LogP contribution in [-0.2, 0) is 14.6 Å². The fourth-order valence-corrected chi connectivity index (χ4v) is 5.72. The summed E-state index contributed by atoms with van der Waals surface area (Å²) in [6, 6.07) is 6.13. The summed E-state index contributed by atoms with van der Waals surface area (Å²) in [6.45, 7) is 7.07. The van der Waals surface area contributed by atoms with Crippen LogP contribution in [0.4, 0.5) is 0 Å². The maximum Gasteiger partial charge on any atom is 0.244 e. The van der Waals surface area contributed by atoms with E-state index in [2.05, 4.69) is 0 Å². The van der Waals surface area contributed by atoms with Crippen LogP contribution in [0.2, 0.25) is 5.02 Å². The minimum Gasteiger partial charge on any atom is -0.341 e. The van der Waals surface area contributed by atoms with Gasteiger partial charge < -0.3 is 4.90 Å². The summed E-state index contributed by atoms with van der Waals surface area (Å²) >= 11 is 5.88. The van der Waals surface area contributed by atoms with Gasteiger partial charge >= 0.3 is 0 Å². The normalized spacial score (nSPS) is 17.2. The van der Waals surface area contributed by atoms with E-state index in [1.54, 1.807) is 17.0 Å². The quantitative estimate of drug-likeness (QED) is 0.761. The summed E-state index contributed by atoms with van der Waals surface area (Å²) in [5.74, 6) is 0.0525. The summed E-state index contributed by atoms with van der Waals surface area (Å²) in [4.78, 5) is 15.1. The smallest absolute Gasteiger partial charge is 0.244 e. The van der Waals surface area contributed by atoms with Gasteiger partial charge in [-0.3, -0.25) is 4.79 Å². The van der Waals surface area contributed by atoms with Gasteiger partial charge in [-0.25, -0.2) is 8.42 Å². The van der Waals surface area contributed by atoms with E-state index in [4.69, 9.17) is 11.6 Å². The topological polar surface area (TPSA) is 54.5 Å². The van der Waals surface area contributed by atoms with E-state index in [-0.39, 0.29) is 10.8 Å². The minimum atomic E-state index is -3.76. The Balaban J connectivity index is 2.46. The lowest BCUT2D eigenvalue weighted by molar-refractivity contribution is -0.134. The molecule has 0 bridgehead atoms. The molecule has 2 rings (SSSR count). The lowest BCUT2D eigenvalue weighted by Crippen LogP contribution is -2.53. The van der Waals surface area contributed by atoms with Crippen LogP contribution in [-0.4, -0.2) is 37.1 Å². The van der Waals surface area contributed by atoms with Gasteiger partial charge in [0, 0.05) is 18.1 Å². The molecule has 1 saturated carbocycles. The van der Waals surface area contributed by atoms with Crippen LogP contribution in [0.3, 0.4) is 0 Å². The zero-order chi connectivity index (χ0) is 18.0. The first-order chi connectivity index (χ1) is 11.2. The first kappa shape index (κ1) is 19.3. The highest BCUT2D eigenvalue weighted by Gasteiger charge is 2.54. The highest BCUT2D eigenvalue weighted by atomic mass is 35.5. The first-order valence-electron chi connectivity index (χ1n) is 8.54. The van der Waals surface area contributed by atoms with E-state index in [0.29, 0.717) is 36.9 Å². The Bertz CT molecular complexity index is 677. The van der Waals surface area contributed by atoms with Gasteiger partial charge in [0.1, 0.15) is 0 Å². The second-order valence-electron chi connectivity index (χ2n) is 6.90. The molecule has 0 aliphatic heterocycles. The van der Waals surface area contributed by atoms with E-state index in [1.807, 2.05) is 20.8 Å². The number of benzene rings is 1. The predicted molar refractivity (Wildman–Crippen MR) is 96.9 cm³/mol. The maximum absolute atomic E-state index is 13.3. The number of halogens is 1. The molecule has 0 atom stereocenters. The van der Waals surface area contributed by atoms with Crippen molar-refractivity contribution in [3.8, 4) is 0 Å². The third-order valence-corrected chi connectivity index (χ3v) is 7.45. The van der Waals surface area contributed by atoms with Gasteiger partial charge in [0.05, 0.1) is 4.90 Å². The van der Waals surface area contributed by atoms with E-state index in [0.717, 1.165) is 12.8 Å². The number of amides is 1. The van der Waals surface area contributed by atoms with Crippen LogP contribution < -0.4 is 0 Å². The summed E-state index contributed by atoms with van der Waals surface area (Å²) < 4.78 is 25.3. The van der Waals surface area contributed by atoms with Crippen molar-refractivity contribution in [2.45, 2.75) is 56.1 Å². The van der Waals surface area contributed by atoms with Gasteiger partial charge in [0.15, 0.2) is 14.6 Å².